The quantitative estimate of drug-likeness (QED) is 0.698. The Hall–Kier alpha value is -2.73. The van der Waals surface area contributed by atoms with E-state index in [2.05, 4.69) is 22.0 Å². The molecule has 0 radical (unpaired) electrons. The fraction of sp³-hybridized carbons (Fsp3) is 0.381. The molecule has 2 atom stereocenters. The average Bonchev–Trinajstić information content (AvgIpc) is 3.22. The fourth-order valence-electron chi connectivity index (χ4n) is 3.49. The van der Waals surface area contributed by atoms with Gasteiger partial charge in [0.05, 0.1) is 12.5 Å². The third-order valence-electron chi connectivity index (χ3n) is 5.00. The summed E-state index contributed by atoms with van der Waals surface area (Å²) in [6.45, 7) is 1.83. The van der Waals surface area contributed by atoms with Gasteiger partial charge in [-0.25, -0.2) is 0 Å². The monoisotopic (exact) mass is 410 g/mol. The van der Waals surface area contributed by atoms with Crippen molar-refractivity contribution in [3.63, 3.8) is 0 Å². The summed E-state index contributed by atoms with van der Waals surface area (Å²) >= 11 is 1.58. The molecule has 2 aliphatic heterocycles. The second-order valence-electron chi connectivity index (χ2n) is 7.17. The highest BCUT2D eigenvalue weighted by Crippen LogP contribution is 2.33. The number of nitrogens with one attached hydrogen (secondary N) is 3. The SMILES string of the molecule is N#C[C@H](Cc1ccc(-c2ccc3c(c2)NC(=O)C3)s1)NC(=O)C1CNCCCO1. The van der Waals surface area contributed by atoms with Gasteiger partial charge in [-0.05, 0) is 42.3 Å². The smallest absolute Gasteiger partial charge is 0.251 e. The number of ether oxygens (including phenoxy) is 1. The Kier molecular flexibility index (Phi) is 5.90. The zero-order valence-electron chi connectivity index (χ0n) is 15.9. The number of hydrogen-bond acceptors (Lipinski definition) is 6. The molecule has 1 saturated heterocycles. The van der Waals surface area contributed by atoms with Crippen molar-refractivity contribution in [3.8, 4) is 16.5 Å². The Morgan fingerprint density at radius 3 is 3.14 bits per heavy atom. The lowest BCUT2D eigenvalue weighted by Gasteiger charge is -2.17. The first-order chi connectivity index (χ1) is 14.1. The van der Waals surface area contributed by atoms with E-state index in [9.17, 15) is 14.9 Å². The Bertz CT molecular complexity index is 957. The van der Waals surface area contributed by atoms with Crippen LogP contribution >= 0.6 is 11.3 Å². The van der Waals surface area contributed by atoms with Crippen LogP contribution in [0.5, 0.6) is 0 Å². The molecule has 4 rings (SSSR count). The first-order valence-corrected chi connectivity index (χ1v) is 10.5. The zero-order chi connectivity index (χ0) is 20.2. The second kappa shape index (κ2) is 8.74. The molecule has 2 amide bonds. The second-order valence-corrected chi connectivity index (χ2v) is 8.34. The van der Waals surface area contributed by atoms with Crippen molar-refractivity contribution in [2.24, 2.45) is 0 Å². The number of hydrogen-bond donors (Lipinski definition) is 3. The van der Waals surface area contributed by atoms with E-state index in [1.165, 1.54) is 0 Å². The van der Waals surface area contributed by atoms with Gasteiger partial charge in [0.15, 0.2) is 0 Å². The maximum absolute atomic E-state index is 12.4. The number of nitrogens with zero attached hydrogens (tertiary/aromatic N) is 1. The van der Waals surface area contributed by atoms with E-state index >= 15 is 0 Å². The van der Waals surface area contributed by atoms with Gasteiger partial charge in [-0.15, -0.1) is 11.3 Å². The van der Waals surface area contributed by atoms with Crippen LogP contribution in [-0.2, 0) is 27.2 Å². The van der Waals surface area contributed by atoms with E-state index in [1.807, 2.05) is 30.3 Å². The van der Waals surface area contributed by atoms with Gasteiger partial charge in [0.2, 0.25) is 5.91 Å². The predicted molar refractivity (Wildman–Crippen MR) is 111 cm³/mol. The van der Waals surface area contributed by atoms with Crippen LogP contribution < -0.4 is 16.0 Å². The minimum absolute atomic E-state index is 0.0180. The number of amides is 2. The standard InChI is InChI=1S/C21H22N4O3S/c22-11-15(24-21(27)18-12-23-6-1-7-28-18)10-16-4-5-19(29-16)14-3-2-13-9-20(26)25-17(13)8-14/h2-5,8,15,18,23H,1,6-7,9-10,12H2,(H,24,27)(H,25,26)/t15-,18?/m0/s1. The molecule has 1 aromatic carbocycles. The van der Waals surface area contributed by atoms with Crippen LogP contribution in [0.25, 0.3) is 10.4 Å². The zero-order valence-corrected chi connectivity index (χ0v) is 16.7. The summed E-state index contributed by atoms with van der Waals surface area (Å²) in [4.78, 5) is 26.0. The van der Waals surface area contributed by atoms with E-state index in [4.69, 9.17) is 4.74 Å². The summed E-state index contributed by atoms with van der Waals surface area (Å²) in [5, 5.41) is 18.3. The van der Waals surface area contributed by atoms with Crippen LogP contribution in [0.3, 0.4) is 0 Å². The van der Waals surface area contributed by atoms with Gasteiger partial charge in [0, 0.05) is 35.0 Å². The Balaban J connectivity index is 1.40. The average molecular weight is 410 g/mol. The van der Waals surface area contributed by atoms with Crippen molar-refractivity contribution in [1.82, 2.24) is 10.6 Å². The topological polar surface area (TPSA) is 103 Å². The highest BCUT2D eigenvalue weighted by molar-refractivity contribution is 7.15. The highest BCUT2D eigenvalue weighted by Gasteiger charge is 2.24. The van der Waals surface area contributed by atoms with Gasteiger partial charge >= 0.3 is 0 Å². The summed E-state index contributed by atoms with van der Waals surface area (Å²) in [7, 11) is 0. The number of carbonyl (C=O) groups excluding carboxylic acids is 2. The van der Waals surface area contributed by atoms with Crippen molar-refractivity contribution in [3.05, 3.63) is 40.8 Å². The first kappa shape index (κ1) is 19.6. The van der Waals surface area contributed by atoms with Crippen LogP contribution in [0.1, 0.15) is 16.9 Å². The molecule has 0 saturated carbocycles. The van der Waals surface area contributed by atoms with Gasteiger partial charge in [-0.3, -0.25) is 9.59 Å². The lowest BCUT2D eigenvalue weighted by molar-refractivity contribution is -0.132. The molecular formula is C21H22N4O3S. The largest absolute Gasteiger partial charge is 0.367 e. The number of nitriles is 1. The van der Waals surface area contributed by atoms with Crippen LogP contribution in [0.15, 0.2) is 30.3 Å². The molecule has 29 heavy (non-hydrogen) atoms. The van der Waals surface area contributed by atoms with Crippen molar-refractivity contribution in [2.45, 2.75) is 31.4 Å². The lowest BCUT2D eigenvalue weighted by Crippen LogP contribution is -2.46. The number of fused-ring (bicyclic) bond motifs is 1. The number of anilines is 1. The summed E-state index contributed by atoms with van der Waals surface area (Å²) in [5.41, 5.74) is 2.90. The third kappa shape index (κ3) is 4.65. The lowest BCUT2D eigenvalue weighted by atomic mass is 10.1. The maximum Gasteiger partial charge on any atom is 0.251 e. The first-order valence-electron chi connectivity index (χ1n) is 9.66. The van der Waals surface area contributed by atoms with Gasteiger partial charge in [-0.1, -0.05) is 12.1 Å². The molecule has 0 spiro atoms. The molecule has 150 valence electrons. The van der Waals surface area contributed by atoms with Crippen LogP contribution in [0.4, 0.5) is 5.69 Å². The summed E-state index contributed by atoms with van der Waals surface area (Å²) in [6, 6.07) is 11.5. The van der Waals surface area contributed by atoms with Gasteiger partial charge in [0.25, 0.3) is 5.91 Å². The number of carbonyl (C=O) groups is 2. The molecule has 0 aliphatic carbocycles. The molecule has 2 aromatic rings. The van der Waals surface area contributed by atoms with Gasteiger partial charge in [0.1, 0.15) is 12.1 Å². The normalized spacial score (nSPS) is 19.6. The van der Waals surface area contributed by atoms with Crippen LogP contribution in [0, 0.1) is 11.3 Å². The van der Waals surface area contributed by atoms with Crippen molar-refractivity contribution < 1.29 is 14.3 Å². The minimum Gasteiger partial charge on any atom is -0.367 e. The van der Waals surface area contributed by atoms with E-state index in [0.717, 1.165) is 39.5 Å². The number of benzene rings is 1. The molecule has 1 aromatic heterocycles. The maximum atomic E-state index is 12.4. The number of thiophene rings is 1. The molecular weight excluding hydrogens is 388 g/mol. The van der Waals surface area contributed by atoms with Crippen molar-refractivity contribution in [1.29, 1.82) is 5.26 Å². The van der Waals surface area contributed by atoms with E-state index < -0.39 is 12.1 Å². The van der Waals surface area contributed by atoms with Gasteiger partial charge in [-0.2, -0.15) is 5.26 Å². The molecule has 7 nitrogen and oxygen atoms in total. The molecule has 1 unspecified atom stereocenters. The molecule has 3 heterocycles. The molecule has 2 aliphatic rings. The van der Waals surface area contributed by atoms with Crippen LogP contribution in [-0.4, -0.2) is 43.7 Å². The van der Waals surface area contributed by atoms with Crippen molar-refractivity contribution >= 4 is 28.8 Å². The fourth-order valence-corrected chi connectivity index (χ4v) is 4.54. The molecule has 8 heteroatoms. The summed E-state index contributed by atoms with van der Waals surface area (Å²) < 4.78 is 5.56. The minimum atomic E-state index is -0.611. The van der Waals surface area contributed by atoms with E-state index in [-0.39, 0.29) is 11.8 Å². The predicted octanol–water partition coefficient (Wildman–Crippen LogP) is 1.84. The third-order valence-corrected chi connectivity index (χ3v) is 6.15. The van der Waals surface area contributed by atoms with Crippen molar-refractivity contribution in [2.75, 3.05) is 25.0 Å². The summed E-state index contributed by atoms with van der Waals surface area (Å²) in [6.07, 6.45) is 1.17. The number of rotatable bonds is 5. The summed E-state index contributed by atoms with van der Waals surface area (Å²) in [5.74, 6) is -0.235. The van der Waals surface area contributed by atoms with Crippen LogP contribution in [0.2, 0.25) is 0 Å². The molecule has 1 fully saturated rings. The Labute approximate surface area is 173 Å². The van der Waals surface area contributed by atoms with E-state index in [0.29, 0.717) is 26.0 Å². The Morgan fingerprint density at radius 2 is 2.28 bits per heavy atom. The molecule has 3 N–H and O–H groups in total. The van der Waals surface area contributed by atoms with E-state index in [1.54, 1.807) is 11.3 Å². The molecule has 0 bridgehead atoms. The van der Waals surface area contributed by atoms with Gasteiger partial charge < -0.3 is 20.7 Å². The Morgan fingerprint density at radius 1 is 1.38 bits per heavy atom. The highest BCUT2D eigenvalue weighted by atomic mass is 32.1.